The summed E-state index contributed by atoms with van der Waals surface area (Å²) < 4.78 is 5.23. The van der Waals surface area contributed by atoms with Gasteiger partial charge in [0.15, 0.2) is 0 Å². The van der Waals surface area contributed by atoms with Gasteiger partial charge < -0.3 is 15.4 Å². The third-order valence-corrected chi connectivity index (χ3v) is 4.57. The lowest BCUT2D eigenvalue weighted by atomic mass is 10.1. The van der Waals surface area contributed by atoms with Crippen molar-refractivity contribution in [3.63, 3.8) is 0 Å². The molecule has 0 atom stereocenters. The Morgan fingerprint density at radius 1 is 1.07 bits per heavy atom. The number of carbonyl (C=O) groups excluding carboxylic acids is 1. The molecule has 0 unspecified atom stereocenters. The van der Waals surface area contributed by atoms with Crippen molar-refractivity contribution < 1.29 is 9.53 Å². The Morgan fingerprint density at radius 2 is 1.89 bits per heavy atom. The second-order valence-electron chi connectivity index (χ2n) is 6.65. The van der Waals surface area contributed by atoms with E-state index in [4.69, 9.17) is 4.74 Å². The Bertz CT molecular complexity index is 1000. The van der Waals surface area contributed by atoms with Crippen molar-refractivity contribution in [3.8, 4) is 5.75 Å². The number of anilines is 2. The van der Waals surface area contributed by atoms with Gasteiger partial charge in [-0.05, 0) is 61.7 Å². The Kier molecular flexibility index (Phi) is 5.89. The second-order valence-corrected chi connectivity index (χ2v) is 6.65. The summed E-state index contributed by atoms with van der Waals surface area (Å²) >= 11 is 0. The molecule has 1 aromatic heterocycles. The summed E-state index contributed by atoms with van der Waals surface area (Å²) in [7, 11) is 1.64. The lowest BCUT2D eigenvalue weighted by Gasteiger charge is -2.11. The number of ether oxygens (including phenoxy) is 1. The highest BCUT2D eigenvalue weighted by Crippen LogP contribution is 2.17. The van der Waals surface area contributed by atoms with E-state index in [1.54, 1.807) is 20.2 Å². The van der Waals surface area contributed by atoms with Crippen molar-refractivity contribution in [2.24, 2.45) is 0 Å². The van der Waals surface area contributed by atoms with Gasteiger partial charge in [-0.1, -0.05) is 18.2 Å². The number of nitrogens with one attached hydrogen (secondary N) is 2. The monoisotopic (exact) mass is 376 g/mol. The number of carbonyl (C=O) groups is 1. The minimum Gasteiger partial charge on any atom is -0.497 e. The highest BCUT2D eigenvalue weighted by Gasteiger charge is 2.12. The molecular formula is C22H24N4O2. The number of hydrogen-bond donors (Lipinski definition) is 2. The van der Waals surface area contributed by atoms with Crippen LogP contribution >= 0.6 is 0 Å². The molecule has 0 radical (unpaired) electrons. The van der Waals surface area contributed by atoms with Gasteiger partial charge in [-0.2, -0.15) is 0 Å². The van der Waals surface area contributed by atoms with Crippen molar-refractivity contribution in [1.82, 2.24) is 9.97 Å². The lowest BCUT2D eigenvalue weighted by molar-refractivity contribution is 0.102. The van der Waals surface area contributed by atoms with Crippen LogP contribution in [0.25, 0.3) is 0 Å². The van der Waals surface area contributed by atoms with Crippen LogP contribution in [0.3, 0.4) is 0 Å². The smallest absolute Gasteiger partial charge is 0.259 e. The van der Waals surface area contributed by atoms with Crippen LogP contribution in [-0.2, 0) is 6.54 Å². The number of nitrogens with zero attached hydrogens (tertiary/aromatic N) is 2. The average Bonchev–Trinajstić information content (AvgIpc) is 2.69. The van der Waals surface area contributed by atoms with Gasteiger partial charge in [0, 0.05) is 18.4 Å². The van der Waals surface area contributed by atoms with Crippen LogP contribution in [0.4, 0.5) is 11.6 Å². The first-order valence-electron chi connectivity index (χ1n) is 9.05. The average molecular weight is 376 g/mol. The molecule has 28 heavy (non-hydrogen) atoms. The molecule has 144 valence electrons. The maximum atomic E-state index is 12.6. The molecule has 0 aliphatic heterocycles. The molecule has 1 heterocycles. The maximum absolute atomic E-state index is 12.6. The SMILES string of the molecule is COc1cccc(CNc2ncc(C(=O)Nc3ccc(C)c(C)c3)c(C)n2)c1. The third-order valence-electron chi connectivity index (χ3n) is 4.57. The first-order chi connectivity index (χ1) is 13.5. The zero-order chi connectivity index (χ0) is 20.1. The van der Waals surface area contributed by atoms with Gasteiger partial charge in [-0.15, -0.1) is 0 Å². The summed E-state index contributed by atoms with van der Waals surface area (Å²) in [5.74, 6) is 1.05. The molecule has 2 aromatic carbocycles. The number of benzene rings is 2. The highest BCUT2D eigenvalue weighted by molar-refractivity contribution is 6.04. The van der Waals surface area contributed by atoms with E-state index in [2.05, 4.69) is 20.6 Å². The largest absolute Gasteiger partial charge is 0.497 e. The normalized spacial score (nSPS) is 10.4. The molecule has 0 fully saturated rings. The number of aryl methyl sites for hydroxylation is 3. The molecule has 2 N–H and O–H groups in total. The Morgan fingerprint density at radius 3 is 2.61 bits per heavy atom. The van der Waals surface area contributed by atoms with Crippen molar-refractivity contribution in [1.29, 1.82) is 0 Å². The van der Waals surface area contributed by atoms with Crippen molar-refractivity contribution in [3.05, 3.63) is 76.6 Å². The number of aromatic nitrogens is 2. The molecule has 0 bridgehead atoms. The van der Waals surface area contributed by atoms with Crippen LogP contribution in [0.15, 0.2) is 48.7 Å². The Balaban J connectivity index is 1.67. The van der Waals surface area contributed by atoms with Gasteiger partial charge in [-0.25, -0.2) is 9.97 Å². The van der Waals surface area contributed by atoms with Crippen molar-refractivity contribution in [2.45, 2.75) is 27.3 Å². The predicted octanol–water partition coefficient (Wildman–Crippen LogP) is 4.27. The zero-order valence-corrected chi connectivity index (χ0v) is 16.5. The summed E-state index contributed by atoms with van der Waals surface area (Å²) in [6.45, 7) is 6.41. The predicted molar refractivity (Wildman–Crippen MR) is 111 cm³/mol. The zero-order valence-electron chi connectivity index (χ0n) is 16.5. The van der Waals surface area contributed by atoms with Crippen LogP contribution in [-0.4, -0.2) is 23.0 Å². The minimum absolute atomic E-state index is 0.222. The van der Waals surface area contributed by atoms with Gasteiger partial charge in [0.1, 0.15) is 5.75 Å². The van der Waals surface area contributed by atoms with E-state index in [0.29, 0.717) is 23.8 Å². The fraction of sp³-hybridized carbons (Fsp3) is 0.227. The summed E-state index contributed by atoms with van der Waals surface area (Å²) in [6.07, 6.45) is 1.55. The summed E-state index contributed by atoms with van der Waals surface area (Å²) in [5, 5.41) is 6.08. The van der Waals surface area contributed by atoms with Crippen molar-refractivity contribution in [2.75, 3.05) is 17.7 Å². The van der Waals surface area contributed by atoms with Crippen LogP contribution in [0.1, 0.15) is 32.7 Å². The summed E-state index contributed by atoms with van der Waals surface area (Å²) in [6, 6.07) is 13.6. The second kappa shape index (κ2) is 8.52. The topological polar surface area (TPSA) is 76.1 Å². The van der Waals surface area contributed by atoms with Gasteiger partial charge in [0.2, 0.25) is 5.95 Å². The summed E-state index contributed by atoms with van der Waals surface area (Å²) in [5.41, 5.74) is 5.19. The van der Waals surface area contributed by atoms with E-state index < -0.39 is 0 Å². The number of amides is 1. The van der Waals surface area contributed by atoms with E-state index in [-0.39, 0.29) is 5.91 Å². The number of hydrogen-bond acceptors (Lipinski definition) is 5. The maximum Gasteiger partial charge on any atom is 0.259 e. The first kappa shape index (κ1) is 19.4. The molecule has 0 spiro atoms. The van der Waals surface area contributed by atoms with Crippen LogP contribution in [0.5, 0.6) is 5.75 Å². The van der Waals surface area contributed by atoms with E-state index in [1.165, 1.54) is 5.56 Å². The van der Waals surface area contributed by atoms with Crippen LogP contribution in [0.2, 0.25) is 0 Å². The van der Waals surface area contributed by atoms with E-state index in [1.807, 2.05) is 56.3 Å². The number of methoxy groups -OCH3 is 1. The molecule has 0 saturated heterocycles. The first-order valence-corrected chi connectivity index (χ1v) is 9.05. The quantitative estimate of drug-likeness (QED) is 0.672. The molecule has 0 aliphatic carbocycles. The molecule has 6 heteroatoms. The standard InChI is InChI=1S/C22H24N4O2/c1-14-8-9-18(10-15(14)2)26-21(27)20-13-24-22(25-16(20)3)23-12-17-6-5-7-19(11-17)28-4/h5-11,13H,12H2,1-4H3,(H,26,27)(H,23,24,25). The fourth-order valence-corrected chi connectivity index (χ4v) is 2.76. The van der Waals surface area contributed by atoms with E-state index in [9.17, 15) is 4.79 Å². The molecule has 1 amide bonds. The molecule has 0 saturated carbocycles. The molecule has 0 aliphatic rings. The fourth-order valence-electron chi connectivity index (χ4n) is 2.76. The minimum atomic E-state index is -0.222. The van der Waals surface area contributed by atoms with Gasteiger partial charge in [0.25, 0.3) is 5.91 Å². The van der Waals surface area contributed by atoms with Crippen LogP contribution < -0.4 is 15.4 Å². The highest BCUT2D eigenvalue weighted by atomic mass is 16.5. The molecular weight excluding hydrogens is 352 g/mol. The molecule has 3 aromatic rings. The third kappa shape index (κ3) is 4.65. The Hall–Kier alpha value is -3.41. The van der Waals surface area contributed by atoms with Crippen molar-refractivity contribution >= 4 is 17.5 Å². The number of rotatable bonds is 6. The van der Waals surface area contributed by atoms with E-state index in [0.717, 1.165) is 22.6 Å². The molecule has 6 nitrogen and oxygen atoms in total. The molecule has 3 rings (SSSR count). The van der Waals surface area contributed by atoms with E-state index >= 15 is 0 Å². The van der Waals surface area contributed by atoms with Crippen LogP contribution in [0, 0.1) is 20.8 Å². The Labute approximate surface area is 165 Å². The summed E-state index contributed by atoms with van der Waals surface area (Å²) in [4.78, 5) is 21.3. The van der Waals surface area contributed by atoms with Gasteiger partial charge >= 0.3 is 0 Å². The van der Waals surface area contributed by atoms with Gasteiger partial charge in [0.05, 0.1) is 18.4 Å². The lowest BCUT2D eigenvalue weighted by Crippen LogP contribution is -2.16. The van der Waals surface area contributed by atoms with Gasteiger partial charge in [-0.3, -0.25) is 4.79 Å².